The molecule has 1 aliphatic rings. The van der Waals surface area contributed by atoms with Crippen LogP contribution in [0.4, 0.5) is 52.7 Å². The number of aryl methyl sites for hydroxylation is 2. The van der Waals surface area contributed by atoms with Gasteiger partial charge in [-0.15, -0.1) is 0 Å². The van der Waals surface area contributed by atoms with Crippen LogP contribution in [0.2, 0.25) is 0 Å². The van der Waals surface area contributed by atoms with E-state index in [1.807, 2.05) is 40.7 Å². The van der Waals surface area contributed by atoms with Crippen LogP contribution in [0.3, 0.4) is 0 Å². The monoisotopic (exact) mass is 1730 g/mol. The van der Waals surface area contributed by atoms with Gasteiger partial charge in [0.2, 0.25) is 0 Å². The van der Waals surface area contributed by atoms with Gasteiger partial charge in [-0.3, -0.25) is 0 Å². The summed E-state index contributed by atoms with van der Waals surface area (Å²) in [7, 11) is 8.11. The van der Waals surface area contributed by atoms with Crippen LogP contribution in [0.25, 0.3) is 11.1 Å². The quantitative estimate of drug-likeness (QED) is 0.0371. The zero-order valence-electron chi connectivity index (χ0n) is 59.6. The van der Waals surface area contributed by atoms with Gasteiger partial charge in [0, 0.05) is 39.8 Å². The Balaban J connectivity index is 0.000000172. The first-order valence-corrected chi connectivity index (χ1v) is 41.5. The van der Waals surface area contributed by atoms with Gasteiger partial charge in [-0.05, 0) is 153 Å². The molecule has 0 N–H and O–H groups in total. The number of hydrogen-bond acceptors (Lipinski definition) is 4. The van der Waals surface area contributed by atoms with Crippen LogP contribution >= 0.6 is 50.8 Å². The zero-order chi connectivity index (χ0) is 78.9. The van der Waals surface area contributed by atoms with Gasteiger partial charge in [0.05, 0.1) is 22.3 Å². The maximum Gasteiger partial charge on any atom is -0.0134 e. The van der Waals surface area contributed by atoms with Crippen LogP contribution in [0.15, 0.2) is 296 Å². The van der Waals surface area contributed by atoms with Crippen LogP contribution < -0.4 is 46.8 Å². The van der Waals surface area contributed by atoms with Crippen LogP contribution in [-0.2, 0) is 50.3 Å². The predicted octanol–water partition coefficient (Wildman–Crippen LogP) is 23.3. The number of ether oxygens (including phenoxy) is 2. The minimum Gasteiger partial charge on any atom is -0.0622 e. The first-order valence-electron chi connectivity index (χ1n) is 34.0. The molecular formula is C86H74BBrCl2F12O4P2Pd. The van der Waals surface area contributed by atoms with Crippen molar-refractivity contribution in [3.05, 3.63) is 364 Å². The predicted molar refractivity (Wildman–Crippen MR) is 420 cm³/mol. The van der Waals surface area contributed by atoms with E-state index in [-0.39, 0.29) is 27.3 Å². The zero-order valence-corrected chi connectivity index (χ0v) is 66.1. The summed E-state index contributed by atoms with van der Waals surface area (Å²) in [5.74, 6) is -12.4. The van der Waals surface area contributed by atoms with Crippen LogP contribution in [0, 0.1) is 46.5 Å². The standard InChI is InChI=1S/C22H16F6O.2C18H15P.C15H22BFO2.C13H6BrF5O.2ClH.Pd/c1-2-3-13-4-9-17(18(23)10-13)14-5-7-15(8-6-14)22(27,28)29-16-11-19(24)21(26)20(25)12-16;2*1-4-10-16(11-5-1)19(17-12-6-2-7-13-17)18-14-8-3-9-15-18;1-6-7-11-8-9-12(13(17)10-11)16-18-14(2,3)15(4,5)19-16;14-8-3-1-7(2-4-8)13(18,19)20-9-5-10(15)12(17)11(16)6-9;;;/h4-12H,2-3H2,1H3;2*1-15H;8-10H,6-7H2,1-5H3;1-6H;2*1H;/q;;;;;;;+2/p-2. The molecule has 0 saturated carbocycles. The van der Waals surface area contributed by atoms with E-state index in [4.69, 9.17) is 28.4 Å². The number of hydrogen-bond donors (Lipinski definition) is 0. The average molecular weight is 1730 g/mol. The number of halogens is 15. The summed E-state index contributed by atoms with van der Waals surface area (Å²) in [6.07, 6.45) is -4.26. The number of alkyl halides is 4. The second kappa shape index (κ2) is 41.3. The third-order valence-electron chi connectivity index (χ3n) is 16.9. The molecule has 0 amide bonds. The van der Waals surface area contributed by atoms with E-state index in [1.54, 1.807) is 24.3 Å². The molecule has 1 fully saturated rings. The SMILES string of the molecule is CCCc1ccc(-c2ccc(C(F)(F)Oc3cc(F)c(F)c(F)c3)cc2)c(F)c1.CCCc1ccc(B2OC(C)(C)C(C)(C)O2)c(F)c1.Fc1cc(OC(F)(F)c2ccc(Br)cc2)cc(F)c1F.[Cl][Pd][Cl].c1ccc(P(c2ccccc2)c2ccccc2)cc1.c1ccc(P(c2ccccc2)c2ccccc2)cc1. The molecule has 1 aliphatic heterocycles. The molecule has 12 aromatic rings. The molecule has 570 valence electrons. The molecule has 0 unspecified atom stereocenters. The minimum atomic E-state index is -3.95. The van der Waals surface area contributed by atoms with E-state index in [9.17, 15) is 52.7 Å². The van der Waals surface area contributed by atoms with Crippen molar-refractivity contribution in [2.24, 2.45) is 0 Å². The van der Waals surface area contributed by atoms with Gasteiger partial charge >= 0.3 is 54.3 Å². The molecule has 4 nitrogen and oxygen atoms in total. The van der Waals surface area contributed by atoms with E-state index in [2.05, 4.69) is 214 Å². The van der Waals surface area contributed by atoms with Crippen molar-refractivity contribution in [3.8, 4) is 22.6 Å². The van der Waals surface area contributed by atoms with Gasteiger partial charge in [0.1, 0.15) is 23.1 Å². The van der Waals surface area contributed by atoms with Crippen molar-refractivity contribution >= 4 is 95.2 Å². The Morgan fingerprint density at radius 2 is 0.670 bits per heavy atom. The van der Waals surface area contributed by atoms with Gasteiger partial charge in [-0.1, -0.05) is 261 Å². The number of benzene rings is 12. The second-order valence-electron chi connectivity index (χ2n) is 25.2. The molecular weight excluding hydrogens is 1650 g/mol. The molecule has 0 spiro atoms. The first kappa shape index (κ1) is 86.6. The normalized spacial score (nSPS) is 12.7. The van der Waals surface area contributed by atoms with Gasteiger partial charge in [-0.2, -0.15) is 17.6 Å². The Morgan fingerprint density at radius 1 is 0.385 bits per heavy atom. The molecule has 12 aromatic carbocycles. The Labute approximate surface area is 655 Å². The van der Waals surface area contributed by atoms with Crippen molar-refractivity contribution in [1.82, 2.24) is 0 Å². The average Bonchev–Trinajstić information content (AvgIpc) is 1.63. The number of rotatable bonds is 18. The Hall–Kier alpha value is -8.03. The van der Waals surface area contributed by atoms with Crippen molar-refractivity contribution < 1.29 is 87.4 Å². The molecule has 0 aliphatic carbocycles. The molecule has 0 radical (unpaired) electrons. The fraction of sp³-hybridized carbons (Fsp3) is 0.163. The summed E-state index contributed by atoms with van der Waals surface area (Å²) in [6, 6.07) is 85.6. The van der Waals surface area contributed by atoms with Crippen molar-refractivity contribution in [2.45, 2.75) is 90.6 Å². The van der Waals surface area contributed by atoms with Crippen LogP contribution in [0.5, 0.6) is 11.5 Å². The first-order chi connectivity index (χ1) is 52.1. The molecule has 1 saturated heterocycles. The Bertz CT molecular complexity index is 4430. The second-order valence-corrected chi connectivity index (χ2v) is 32.9. The third-order valence-corrected chi connectivity index (χ3v) is 22.3. The Kier molecular flexibility index (Phi) is 32.8. The van der Waals surface area contributed by atoms with Crippen molar-refractivity contribution in [2.75, 3.05) is 0 Å². The van der Waals surface area contributed by atoms with Gasteiger partial charge < -0.3 is 18.8 Å². The van der Waals surface area contributed by atoms with E-state index < -0.39 is 110 Å². The van der Waals surface area contributed by atoms with Crippen molar-refractivity contribution in [3.63, 3.8) is 0 Å². The summed E-state index contributed by atoms with van der Waals surface area (Å²) in [6.45, 7) is 11.9. The summed E-state index contributed by atoms with van der Waals surface area (Å²) in [5.41, 5.74) is 0.966. The van der Waals surface area contributed by atoms with Crippen molar-refractivity contribution in [1.29, 1.82) is 0 Å². The molecule has 1 heterocycles. The fourth-order valence-corrected chi connectivity index (χ4v) is 15.7. The maximum absolute atomic E-state index is 14.3. The summed E-state index contributed by atoms with van der Waals surface area (Å²) in [4.78, 5) is 0. The molecule has 13 rings (SSSR count). The molecule has 23 heteroatoms. The van der Waals surface area contributed by atoms with E-state index in [0.717, 1.165) is 61.1 Å². The third kappa shape index (κ3) is 24.7. The van der Waals surface area contributed by atoms with Gasteiger partial charge in [0.15, 0.2) is 34.9 Å². The summed E-state index contributed by atoms with van der Waals surface area (Å²) < 4.78 is 183. The van der Waals surface area contributed by atoms with Crippen LogP contribution in [0.1, 0.15) is 76.6 Å². The van der Waals surface area contributed by atoms with Gasteiger partial charge in [0.25, 0.3) is 0 Å². The Morgan fingerprint density at radius 3 is 0.954 bits per heavy atom. The van der Waals surface area contributed by atoms with Gasteiger partial charge in [-0.25, -0.2) is 35.1 Å². The molecule has 109 heavy (non-hydrogen) atoms. The minimum absolute atomic E-state index is 0.106. The summed E-state index contributed by atoms with van der Waals surface area (Å²) >= 11 is 2.97. The fourth-order valence-electron chi connectivity index (χ4n) is 10.9. The van der Waals surface area contributed by atoms with Crippen LogP contribution in [-0.4, -0.2) is 18.3 Å². The maximum atomic E-state index is 14.3. The molecule has 0 aromatic heterocycles. The smallest absolute Gasteiger partial charge is 0.0134 e. The van der Waals surface area contributed by atoms with E-state index in [1.165, 1.54) is 62.2 Å². The van der Waals surface area contributed by atoms with E-state index >= 15 is 0 Å². The largest absolute Gasteiger partial charge is 0.0622 e. The topological polar surface area (TPSA) is 36.9 Å². The summed E-state index contributed by atoms with van der Waals surface area (Å²) in [5, 5.41) is 8.39. The molecule has 0 atom stereocenters. The van der Waals surface area contributed by atoms with E-state index in [0.29, 0.717) is 39.8 Å². The molecule has 0 bridgehead atoms.